The van der Waals surface area contributed by atoms with E-state index in [9.17, 15) is 4.79 Å². The van der Waals surface area contributed by atoms with E-state index in [0.29, 0.717) is 6.42 Å². The Bertz CT molecular complexity index is 709. The highest BCUT2D eigenvalue weighted by Gasteiger charge is 2.29. The van der Waals surface area contributed by atoms with Crippen LogP contribution >= 0.6 is 0 Å². The average molecular weight is 283 g/mol. The molecule has 3 rings (SSSR count). The molecular weight excluding hydrogens is 266 g/mol. The minimum atomic E-state index is -0.303. The maximum atomic E-state index is 11.8. The Balaban J connectivity index is 2.23. The smallest absolute Gasteiger partial charge is 0.225 e. The summed E-state index contributed by atoms with van der Waals surface area (Å²) in [4.78, 5) is 11.8. The molecule has 1 aliphatic rings. The second kappa shape index (κ2) is 5.13. The highest BCUT2D eigenvalue weighted by molar-refractivity contribution is 5.89. The Labute approximate surface area is 123 Å². The Morgan fingerprint density at radius 2 is 1.67 bits per heavy atom. The van der Waals surface area contributed by atoms with Gasteiger partial charge in [0.25, 0.3) is 0 Å². The molecule has 4 nitrogen and oxygen atoms in total. The van der Waals surface area contributed by atoms with E-state index in [1.54, 1.807) is 14.2 Å². The minimum absolute atomic E-state index is 0.299. The molecule has 0 saturated heterocycles. The van der Waals surface area contributed by atoms with Crippen LogP contribution in [0.2, 0.25) is 0 Å². The molecule has 0 aliphatic heterocycles. The molecule has 2 aromatic rings. The Morgan fingerprint density at radius 1 is 1.05 bits per heavy atom. The quantitative estimate of drug-likeness (QED) is 0.941. The molecular formula is C17H17NO3. The maximum absolute atomic E-state index is 11.8. The van der Waals surface area contributed by atoms with E-state index in [1.165, 1.54) is 0 Å². The van der Waals surface area contributed by atoms with Crippen molar-refractivity contribution in [3.05, 3.63) is 47.5 Å². The predicted molar refractivity (Wildman–Crippen MR) is 80.6 cm³/mol. The van der Waals surface area contributed by atoms with Gasteiger partial charge in [-0.2, -0.15) is 0 Å². The summed E-state index contributed by atoms with van der Waals surface area (Å²) in [5.41, 5.74) is 9.67. The van der Waals surface area contributed by atoms with Crippen molar-refractivity contribution in [1.82, 2.24) is 0 Å². The summed E-state index contributed by atoms with van der Waals surface area (Å²) in [6.45, 7) is 0. The number of benzene rings is 2. The number of hydrogen-bond acceptors (Lipinski definition) is 3. The number of nitrogens with two attached hydrogens (primary N) is 1. The molecule has 4 heteroatoms. The second-order valence-corrected chi connectivity index (χ2v) is 5.14. The Morgan fingerprint density at radius 3 is 2.29 bits per heavy atom. The van der Waals surface area contributed by atoms with E-state index in [1.807, 2.05) is 36.4 Å². The van der Waals surface area contributed by atoms with Crippen molar-refractivity contribution >= 4 is 5.91 Å². The van der Waals surface area contributed by atoms with Crippen LogP contribution in [0.15, 0.2) is 36.4 Å². The summed E-state index contributed by atoms with van der Waals surface area (Å²) in [6.07, 6.45) is 0.619. The molecule has 1 atom stereocenters. The molecule has 2 N–H and O–H groups in total. The van der Waals surface area contributed by atoms with Crippen LogP contribution in [0.1, 0.15) is 17.0 Å². The van der Waals surface area contributed by atoms with E-state index in [-0.39, 0.29) is 11.8 Å². The maximum Gasteiger partial charge on any atom is 0.225 e. The van der Waals surface area contributed by atoms with Crippen molar-refractivity contribution in [1.29, 1.82) is 0 Å². The lowest BCUT2D eigenvalue weighted by atomic mass is 9.78. The van der Waals surface area contributed by atoms with Crippen LogP contribution in [-0.2, 0) is 11.2 Å². The van der Waals surface area contributed by atoms with E-state index < -0.39 is 0 Å². The van der Waals surface area contributed by atoms with Crippen molar-refractivity contribution in [2.75, 3.05) is 14.2 Å². The van der Waals surface area contributed by atoms with Crippen molar-refractivity contribution in [2.24, 2.45) is 5.73 Å². The van der Waals surface area contributed by atoms with Crippen molar-refractivity contribution in [3.63, 3.8) is 0 Å². The number of rotatable bonds is 3. The number of ether oxygens (including phenoxy) is 2. The summed E-state index contributed by atoms with van der Waals surface area (Å²) in [7, 11) is 3.27. The molecule has 1 amide bonds. The average Bonchev–Trinajstić information content (AvgIpc) is 2.52. The van der Waals surface area contributed by atoms with Gasteiger partial charge in [0.05, 0.1) is 20.1 Å². The van der Waals surface area contributed by atoms with Crippen molar-refractivity contribution in [3.8, 4) is 22.6 Å². The van der Waals surface area contributed by atoms with E-state index in [0.717, 1.165) is 33.8 Å². The van der Waals surface area contributed by atoms with Gasteiger partial charge in [-0.25, -0.2) is 0 Å². The Kier molecular flexibility index (Phi) is 3.29. The highest BCUT2D eigenvalue weighted by Crippen LogP contribution is 2.42. The van der Waals surface area contributed by atoms with E-state index in [2.05, 4.69) is 0 Å². The third-order valence-corrected chi connectivity index (χ3v) is 4.01. The molecule has 0 bridgehead atoms. The topological polar surface area (TPSA) is 61.6 Å². The van der Waals surface area contributed by atoms with Gasteiger partial charge in [0.15, 0.2) is 0 Å². The minimum Gasteiger partial charge on any atom is -0.497 e. The summed E-state index contributed by atoms with van der Waals surface area (Å²) in [5, 5.41) is 0. The number of carbonyl (C=O) groups excluding carboxylic acids is 1. The molecule has 108 valence electrons. The van der Waals surface area contributed by atoms with E-state index >= 15 is 0 Å². The van der Waals surface area contributed by atoms with Gasteiger partial charge in [-0.05, 0) is 52.9 Å². The lowest BCUT2D eigenvalue weighted by Crippen LogP contribution is -2.26. The van der Waals surface area contributed by atoms with Gasteiger partial charge in [-0.15, -0.1) is 0 Å². The van der Waals surface area contributed by atoms with Crippen molar-refractivity contribution < 1.29 is 14.3 Å². The van der Waals surface area contributed by atoms with Gasteiger partial charge in [0.1, 0.15) is 11.5 Å². The standard InChI is InChI=1S/C17H17NO3/c1-20-11-4-3-10-7-16(17(18)19)13-6-5-12(21-2)9-15(13)14(10)8-11/h3-6,8-9,16H,7H2,1-2H3,(H2,18,19). The molecule has 0 heterocycles. The molecule has 0 fully saturated rings. The summed E-state index contributed by atoms with van der Waals surface area (Å²) >= 11 is 0. The van der Waals surface area contributed by atoms with Crippen LogP contribution in [0, 0.1) is 0 Å². The van der Waals surface area contributed by atoms with Crippen LogP contribution in [0.25, 0.3) is 11.1 Å². The van der Waals surface area contributed by atoms with Gasteiger partial charge in [0, 0.05) is 0 Å². The fourth-order valence-corrected chi connectivity index (χ4v) is 2.89. The number of fused-ring (bicyclic) bond motifs is 3. The summed E-state index contributed by atoms with van der Waals surface area (Å²) in [6, 6.07) is 11.6. The molecule has 0 spiro atoms. The summed E-state index contributed by atoms with van der Waals surface area (Å²) in [5.74, 6) is 0.947. The molecule has 0 radical (unpaired) electrons. The van der Waals surface area contributed by atoms with Gasteiger partial charge >= 0.3 is 0 Å². The number of carbonyl (C=O) groups is 1. The molecule has 0 aromatic heterocycles. The largest absolute Gasteiger partial charge is 0.497 e. The lowest BCUT2D eigenvalue weighted by Gasteiger charge is -2.26. The number of primary amides is 1. The third-order valence-electron chi connectivity index (χ3n) is 4.01. The van der Waals surface area contributed by atoms with Gasteiger partial charge in [-0.3, -0.25) is 4.79 Å². The van der Waals surface area contributed by atoms with Crippen LogP contribution < -0.4 is 15.2 Å². The van der Waals surface area contributed by atoms with Crippen LogP contribution in [0.5, 0.6) is 11.5 Å². The predicted octanol–water partition coefficient (Wildman–Crippen LogP) is 2.50. The summed E-state index contributed by atoms with van der Waals surface area (Å²) < 4.78 is 10.6. The van der Waals surface area contributed by atoms with Gasteiger partial charge in [0.2, 0.25) is 5.91 Å². The second-order valence-electron chi connectivity index (χ2n) is 5.14. The highest BCUT2D eigenvalue weighted by atomic mass is 16.5. The number of amides is 1. The monoisotopic (exact) mass is 283 g/mol. The fraction of sp³-hybridized carbons (Fsp3) is 0.235. The normalized spacial score (nSPS) is 15.8. The first-order chi connectivity index (χ1) is 10.1. The lowest BCUT2D eigenvalue weighted by molar-refractivity contribution is -0.119. The van der Waals surface area contributed by atoms with Crippen LogP contribution in [0.4, 0.5) is 0 Å². The zero-order valence-electron chi connectivity index (χ0n) is 12.1. The van der Waals surface area contributed by atoms with Crippen LogP contribution in [-0.4, -0.2) is 20.1 Å². The zero-order valence-corrected chi connectivity index (χ0v) is 12.1. The first-order valence-corrected chi connectivity index (χ1v) is 6.78. The van der Waals surface area contributed by atoms with Gasteiger partial charge < -0.3 is 15.2 Å². The van der Waals surface area contributed by atoms with Gasteiger partial charge in [-0.1, -0.05) is 12.1 Å². The third kappa shape index (κ3) is 2.23. The SMILES string of the molecule is COc1ccc2c(c1)-c1cc(OC)ccc1C(C(N)=O)C2. The van der Waals surface area contributed by atoms with Crippen molar-refractivity contribution in [2.45, 2.75) is 12.3 Å². The number of methoxy groups -OCH3 is 2. The van der Waals surface area contributed by atoms with Crippen LogP contribution in [0.3, 0.4) is 0 Å². The molecule has 1 unspecified atom stereocenters. The molecule has 21 heavy (non-hydrogen) atoms. The van der Waals surface area contributed by atoms with E-state index in [4.69, 9.17) is 15.2 Å². The molecule has 2 aromatic carbocycles. The fourth-order valence-electron chi connectivity index (χ4n) is 2.89. The number of hydrogen-bond donors (Lipinski definition) is 1. The zero-order chi connectivity index (χ0) is 15.0. The molecule has 0 saturated carbocycles. The first-order valence-electron chi connectivity index (χ1n) is 6.78. The Hall–Kier alpha value is -2.49. The molecule has 1 aliphatic carbocycles. The first kappa shape index (κ1) is 13.5.